The molecule has 1 heterocycles. The van der Waals surface area contributed by atoms with Crippen molar-refractivity contribution in [1.82, 2.24) is 9.88 Å². The molecular formula is C34H31F3N2O. The first kappa shape index (κ1) is 27.3. The van der Waals surface area contributed by atoms with E-state index in [4.69, 9.17) is 0 Å². The quantitative estimate of drug-likeness (QED) is 0.229. The van der Waals surface area contributed by atoms with Gasteiger partial charge in [-0.2, -0.15) is 13.2 Å². The highest BCUT2D eigenvalue weighted by Crippen LogP contribution is 2.31. The van der Waals surface area contributed by atoms with Crippen LogP contribution in [0.15, 0.2) is 91.0 Å². The van der Waals surface area contributed by atoms with E-state index in [-0.39, 0.29) is 5.91 Å². The van der Waals surface area contributed by atoms with E-state index in [0.29, 0.717) is 17.7 Å². The lowest BCUT2D eigenvalue weighted by atomic mass is 9.99. The number of aromatic nitrogens is 1. The van der Waals surface area contributed by atoms with E-state index in [1.165, 1.54) is 34.4 Å². The molecule has 0 fully saturated rings. The summed E-state index contributed by atoms with van der Waals surface area (Å²) in [7, 11) is 0. The van der Waals surface area contributed by atoms with E-state index in [0.717, 1.165) is 34.3 Å². The number of halogens is 3. The molecule has 0 spiro atoms. The molecule has 5 aromatic rings. The van der Waals surface area contributed by atoms with Crippen LogP contribution in [0, 0.1) is 20.8 Å². The van der Waals surface area contributed by atoms with Gasteiger partial charge in [0.1, 0.15) is 0 Å². The van der Waals surface area contributed by atoms with Gasteiger partial charge < -0.3 is 9.88 Å². The molecule has 0 radical (unpaired) electrons. The Bertz CT molecular complexity index is 1680. The highest BCUT2D eigenvalue weighted by Gasteiger charge is 2.30. The van der Waals surface area contributed by atoms with Crippen LogP contribution in [0.5, 0.6) is 0 Å². The second kappa shape index (κ2) is 10.7. The molecule has 0 unspecified atom stereocenters. The fraction of sp³-hybridized carbons (Fsp3) is 0.206. The summed E-state index contributed by atoms with van der Waals surface area (Å²) in [5.41, 5.74) is 8.53. The maximum absolute atomic E-state index is 13.1. The Balaban J connectivity index is 1.34. The van der Waals surface area contributed by atoms with Crippen LogP contribution in [0.1, 0.15) is 56.8 Å². The van der Waals surface area contributed by atoms with Crippen LogP contribution in [0.4, 0.5) is 13.2 Å². The minimum Gasteiger partial charge on any atom is -0.346 e. The number of aryl methyl sites for hydroxylation is 2. The number of benzene rings is 4. The molecule has 0 aliphatic heterocycles. The third-order valence-electron chi connectivity index (χ3n) is 7.74. The molecule has 0 aliphatic rings. The van der Waals surface area contributed by atoms with Crippen LogP contribution >= 0.6 is 0 Å². The predicted molar refractivity (Wildman–Crippen MR) is 154 cm³/mol. The van der Waals surface area contributed by atoms with E-state index >= 15 is 0 Å². The lowest BCUT2D eigenvalue weighted by Crippen LogP contribution is -2.26. The third kappa shape index (κ3) is 5.39. The van der Waals surface area contributed by atoms with Crippen molar-refractivity contribution in [3.63, 3.8) is 0 Å². The Hall–Kier alpha value is -4.32. The summed E-state index contributed by atoms with van der Waals surface area (Å²) in [5.74, 6) is -0.272. The first-order chi connectivity index (χ1) is 19.0. The Kier molecular flexibility index (Phi) is 7.28. The molecule has 0 bridgehead atoms. The predicted octanol–water partition coefficient (Wildman–Crippen LogP) is 8.79. The van der Waals surface area contributed by atoms with Gasteiger partial charge in [-0.3, -0.25) is 4.79 Å². The molecule has 1 amide bonds. The van der Waals surface area contributed by atoms with Crippen molar-refractivity contribution in [2.75, 3.05) is 0 Å². The molecule has 204 valence electrons. The molecule has 3 nitrogen and oxygen atoms in total. The monoisotopic (exact) mass is 540 g/mol. The molecule has 1 atom stereocenters. The van der Waals surface area contributed by atoms with Gasteiger partial charge in [0.2, 0.25) is 0 Å². The molecule has 4 aromatic carbocycles. The van der Waals surface area contributed by atoms with E-state index in [1.807, 2.05) is 18.2 Å². The van der Waals surface area contributed by atoms with Crippen molar-refractivity contribution in [2.24, 2.45) is 0 Å². The maximum Gasteiger partial charge on any atom is 0.416 e. The molecule has 0 saturated heterocycles. The van der Waals surface area contributed by atoms with E-state index in [9.17, 15) is 18.0 Å². The van der Waals surface area contributed by atoms with E-state index < -0.39 is 17.8 Å². The molecule has 1 N–H and O–H groups in total. The van der Waals surface area contributed by atoms with Crippen LogP contribution in [-0.4, -0.2) is 10.5 Å². The van der Waals surface area contributed by atoms with Gasteiger partial charge in [-0.25, -0.2) is 0 Å². The minimum atomic E-state index is -4.39. The highest BCUT2D eigenvalue weighted by molar-refractivity contribution is 5.99. The van der Waals surface area contributed by atoms with Gasteiger partial charge in [0.15, 0.2) is 0 Å². The van der Waals surface area contributed by atoms with E-state index in [1.54, 1.807) is 13.0 Å². The van der Waals surface area contributed by atoms with Crippen molar-refractivity contribution in [3.8, 4) is 11.1 Å². The topological polar surface area (TPSA) is 34.0 Å². The fourth-order valence-corrected chi connectivity index (χ4v) is 5.19. The molecule has 1 aromatic heterocycles. The number of nitrogens with one attached hydrogen (secondary N) is 1. The van der Waals surface area contributed by atoms with Gasteiger partial charge in [0.25, 0.3) is 5.91 Å². The lowest BCUT2D eigenvalue weighted by molar-refractivity contribution is -0.137. The Labute approximate surface area is 232 Å². The minimum absolute atomic E-state index is 0.272. The smallest absolute Gasteiger partial charge is 0.346 e. The zero-order valence-corrected chi connectivity index (χ0v) is 22.9. The molecule has 6 heteroatoms. The first-order valence-electron chi connectivity index (χ1n) is 13.3. The van der Waals surface area contributed by atoms with Crippen molar-refractivity contribution in [2.45, 2.75) is 46.5 Å². The number of nitrogens with zero attached hydrogens (tertiary/aromatic N) is 1. The number of amides is 1. The molecule has 0 saturated carbocycles. The average molecular weight is 541 g/mol. The summed E-state index contributed by atoms with van der Waals surface area (Å²) in [6.07, 6.45) is -4.39. The number of fused-ring (bicyclic) bond motifs is 1. The average Bonchev–Trinajstić information content (AvgIpc) is 3.17. The van der Waals surface area contributed by atoms with E-state index in [2.05, 4.69) is 73.1 Å². The summed E-state index contributed by atoms with van der Waals surface area (Å²) in [5, 5.41) is 3.92. The summed E-state index contributed by atoms with van der Waals surface area (Å²) < 4.78 is 40.9. The van der Waals surface area contributed by atoms with Gasteiger partial charge in [0, 0.05) is 28.7 Å². The number of alkyl halides is 3. The Morgan fingerprint density at radius 2 is 1.55 bits per heavy atom. The second-order valence-corrected chi connectivity index (χ2v) is 10.4. The fourth-order valence-electron chi connectivity index (χ4n) is 5.19. The largest absolute Gasteiger partial charge is 0.416 e. The van der Waals surface area contributed by atoms with Crippen molar-refractivity contribution >= 4 is 16.8 Å². The number of hydrogen-bond donors (Lipinski definition) is 1. The van der Waals surface area contributed by atoms with Crippen LogP contribution in [0.3, 0.4) is 0 Å². The summed E-state index contributed by atoms with van der Waals surface area (Å²) in [6.45, 7) is 8.73. The number of carbonyl (C=O) groups is 1. The van der Waals surface area contributed by atoms with Crippen molar-refractivity contribution in [3.05, 3.63) is 130 Å². The van der Waals surface area contributed by atoms with Crippen LogP contribution in [-0.2, 0) is 12.7 Å². The lowest BCUT2D eigenvalue weighted by Gasteiger charge is -2.16. The molecular weight excluding hydrogens is 509 g/mol. The first-order valence-corrected chi connectivity index (χ1v) is 13.3. The SMILES string of the molecule is Cc1ccccc1-c1ccc(Cn2c(C)c(C)c3cc(C(=O)N[C@@H](C)c4ccc(C(F)(F)F)cc4)ccc32)cc1. The summed E-state index contributed by atoms with van der Waals surface area (Å²) in [6, 6.07) is 27.1. The van der Waals surface area contributed by atoms with Gasteiger partial charge in [-0.1, -0.05) is 60.7 Å². The molecule has 0 aliphatic carbocycles. The Morgan fingerprint density at radius 3 is 2.20 bits per heavy atom. The Morgan fingerprint density at radius 1 is 0.875 bits per heavy atom. The van der Waals surface area contributed by atoms with Crippen LogP contribution in [0.25, 0.3) is 22.0 Å². The van der Waals surface area contributed by atoms with Gasteiger partial charge in [-0.05, 0) is 91.4 Å². The van der Waals surface area contributed by atoms with Gasteiger partial charge in [0.05, 0.1) is 11.6 Å². The number of hydrogen-bond acceptors (Lipinski definition) is 1. The van der Waals surface area contributed by atoms with Crippen LogP contribution in [0.2, 0.25) is 0 Å². The normalized spacial score (nSPS) is 12.5. The third-order valence-corrected chi connectivity index (χ3v) is 7.74. The summed E-state index contributed by atoms with van der Waals surface area (Å²) in [4.78, 5) is 13.1. The van der Waals surface area contributed by atoms with Crippen LogP contribution < -0.4 is 5.32 Å². The van der Waals surface area contributed by atoms with Crippen molar-refractivity contribution < 1.29 is 18.0 Å². The molecule has 5 rings (SSSR count). The maximum atomic E-state index is 13.1. The van der Waals surface area contributed by atoms with Crippen molar-refractivity contribution in [1.29, 1.82) is 0 Å². The standard InChI is InChI=1S/C34H31F3N2O/c1-21-7-5-6-8-30(21)27-11-9-25(10-12-27)20-39-24(4)22(2)31-19-28(15-18-32(31)39)33(40)38-23(3)26-13-16-29(17-14-26)34(35,36)37/h5-19,23H,20H2,1-4H3,(H,38,40)/t23-/m0/s1. The number of rotatable bonds is 6. The second-order valence-electron chi connectivity index (χ2n) is 10.4. The number of carbonyl (C=O) groups excluding carboxylic acids is 1. The zero-order valence-electron chi connectivity index (χ0n) is 22.9. The molecule has 40 heavy (non-hydrogen) atoms. The van der Waals surface area contributed by atoms with Gasteiger partial charge >= 0.3 is 6.18 Å². The zero-order chi connectivity index (χ0) is 28.6. The summed E-state index contributed by atoms with van der Waals surface area (Å²) >= 11 is 0. The highest BCUT2D eigenvalue weighted by atomic mass is 19.4. The van der Waals surface area contributed by atoms with Gasteiger partial charge in [-0.15, -0.1) is 0 Å².